The zero-order valence-electron chi connectivity index (χ0n) is 12.5. The fourth-order valence-corrected chi connectivity index (χ4v) is 3.11. The highest BCUT2D eigenvalue weighted by molar-refractivity contribution is 4.93. The van der Waals surface area contributed by atoms with E-state index in [1.165, 1.54) is 12.8 Å². The molecule has 0 spiro atoms. The van der Waals surface area contributed by atoms with Gasteiger partial charge in [0.25, 0.3) is 5.56 Å². The third-order valence-corrected chi connectivity index (χ3v) is 4.30. The van der Waals surface area contributed by atoms with Crippen molar-refractivity contribution in [2.45, 2.75) is 57.7 Å². The Kier molecular flexibility index (Phi) is 5.80. The topological polar surface area (TPSA) is 51.3 Å². The van der Waals surface area contributed by atoms with Gasteiger partial charge in [0.05, 0.1) is 0 Å². The smallest absolute Gasteiger partial charge is 0.250 e. The molecule has 0 aliphatic heterocycles. The van der Waals surface area contributed by atoms with Gasteiger partial charge in [0.15, 0.2) is 0 Å². The first-order valence-electron chi connectivity index (χ1n) is 7.85. The van der Waals surface area contributed by atoms with Crippen LogP contribution in [0.2, 0.25) is 0 Å². The number of hydrogen-bond donors (Lipinski definition) is 1. The zero-order valence-corrected chi connectivity index (χ0v) is 12.5. The summed E-state index contributed by atoms with van der Waals surface area (Å²) in [6.45, 7) is 5.07. The molecule has 1 aliphatic rings. The molecule has 0 aromatic carbocycles. The molecule has 4 nitrogen and oxygen atoms in total. The van der Waals surface area contributed by atoms with Crippen LogP contribution in [0.3, 0.4) is 0 Å². The van der Waals surface area contributed by atoms with Crippen LogP contribution in [-0.4, -0.2) is 34.6 Å². The van der Waals surface area contributed by atoms with Crippen molar-refractivity contribution in [3.8, 4) is 0 Å². The summed E-state index contributed by atoms with van der Waals surface area (Å²) < 4.78 is 1.80. The predicted molar refractivity (Wildman–Crippen MR) is 82.8 cm³/mol. The fraction of sp³-hybridized carbons (Fsp3) is 0.688. The van der Waals surface area contributed by atoms with Gasteiger partial charge in [-0.15, -0.1) is 0 Å². The maximum absolute atomic E-state index is 11.7. The lowest BCUT2D eigenvalue weighted by Gasteiger charge is -2.36. The second kappa shape index (κ2) is 7.60. The van der Waals surface area contributed by atoms with Crippen LogP contribution in [0.4, 0.5) is 0 Å². The molecule has 1 aliphatic carbocycles. The summed E-state index contributed by atoms with van der Waals surface area (Å²) in [5, 5.41) is 0. The summed E-state index contributed by atoms with van der Waals surface area (Å²) in [5.74, 6) is 0. The summed E-state index contributed by atoms with van der Waals surface area (Å²) >= 11 is 0. The van der Waals surface area contributed by atoms with E-state index in [-0.39, 0.29) is 5.56 Å². The van der Waals surface area contributed by atoms with E-state index in [4.69, 9.17) is 5.73 Å². The van der Waals surface area contributed by atoms with Crippen LogP contribution >= 0.6 is 0 Å². The first-order valence-corrected chi connectivity index (χ1v) is 7.85. The lowest BCUT2D eigenvalue weighted by molar-refractivity contribution is 0.144. The molecule has 20 heavy (non-hydrogen) atoms. The van der Waals surface area contributed by atoms with Crippen LogP contribution in [0, 0.1) is 0 Å². The number of nitrogens with zero attached hydrogens (tertiary/aromatic N) is 2. The SMILES string of the molecule is CCCN(CCn1ccccc1=O)C1CCC(N)CC1. The van der Waals surface area contributed by atoms with Crippen LogP contribution in [0.15, 0.2) is 29.2 Å². The van der Waals surface area contributed by atoms with Crippen LogP contribution in [0.5, 0.6) is 0 Å². The molecule has 2 rings (SSSR count). The molecule has 0 bridgehead atoms. The fourth-order valence-electron chi connectivity index (χ4n) is 3.11. The van der Waals surface area contributed by atoms with Gasteiger partial charge < -0.3 is 10.3 Å². The lowest BCUT2D eigenvalue weighted by atomic mass is 9.90. The van der Waals surface area contributed by atoms with E-state index in [0.29, 0.717) is 12.1 Å². The molecule has 0 atom stereocenters. The summed E-state index contributed by atoms with van der Waals surface area (Å²) in [5.41, 5.74) is 6.08. The van der Waals surface area contributed by atoms with Crippen molar-refractivity contribution < 1.29 is 0 Å². The molecule has 4 heteroatoms. The Bertz CT molecular complexity index is 449. The summed E-state index contributed by atoms with van der Waals surface area (Å²) in [7, 11) is 0. The highest BCUT2D eigenvalue weighted by atomic mass is 16.1. The van der Waals surface area contributed by atoms with E-state index >= 15 is 0 Å². The van der Waals surface area contributed by atoms with Crippen molar-refractivity contribution in [2.75, 3.05) is 13.1 Å². The molecular weight excluding hydrogens is 250 g/mol. The quantitative estimate of drug-likeness (QED) is 0.863. The molecule has 1 aromatic rings. The molecule has 1 saturated carbocycles. The Morgan fingerprint density at radius 3 is 2.65 bits per heavy atom. The maximum atomic E-state index is 11.7. The Hall–Kier alpha value is -1.13. The van der Waals surface area contributed by atoms with E-state index in [1.54, 1.807) is 16.7 Å². The van der Waals surface area contributed by atoms with Gasteiger partial charge in [-0.2, -0.15) is 0 Å². The average molecular weight is 277 g/mol. The molecule has 2 N–H and O–H groups in total. The molecular formula is C16H27N3O. The Morgan fingerprint density at radius 2 is 2.00 bits per heavy atom. The number of pyridine rings is 1. The second-order valence-corrected chi connectivity index (χ2v) is 5.84. The van der Waals surface area contributed by atoms with E-state index in [2.05, 4.69) is 11.8 Å². The van der Waals surface area contributed by atoms with Gasteiger partial charge in [-0.1, -0.05) is 13.0 Å². The molecule has 1 fully saturated rings. The monoisotopic (exact) mass is 277 g/mol. The van der Waals surface area contributed by atoms with Crippen molar-refractivity contribution in [2.24, 2.45) is 5.73 Å². The Labute approximate surface area is 121 Å². The summed E-state index contributed by atoms with van der Waals surface area (Å²) in [6.07, 6.45) is 7.71. The molecule has 0 amide bonds. The van der Waals surface area contributed by atoms with Gasteiger partial charge in [-0.25, -0.2) is 0 Å². The van der Waals surface area contributed by atoms with Crippen molar-refractivity contribution >= 4 is 0 Å². The molecule has 0 saturated heterocycles. The molecule has 112 valence electrons. The average Bonchev–Trinajstić information content (AvgIpc) is 2.46. The molecule has 1 aromatic heterocycles. The van der Waals surface area contributed by atoms with Crippen molar-refractivity contribution in [3.63, 3.8) is 0 Å². The minimum absolute atomic E-state index is 0.0922. The first-order chi connectivity index (χ1) is 9.70. The number of rotatable bonds is 6. The van der Waals surface area contributed by atoms with Gasteiger partial charge in [0.2, 0.25) is 0 Å². The largest absolute Gasteiger partial charge is 0.328 e. The van der Waals surface area contributed by atoms with Crippen molar-refractivity contribution in [1.82, 2.24) is 9.47 Å². The van der Waals surface area contributed by atoms with Crippen molar-refractivity contribution in [1.29, 1.82) is 0 Å². The third kappa shape index (κ3) is 4.18. The summed E-state index contributed by atoms with van der Waals surface area (Å²) in [6, 6.07) is 6.39. The van der Waals surface area contributed by atoms with E-state index < -0.39 is 0 Å². The van der Waals surface area contributed by atoms with Crippen LogP contribution < -0.4 is 11.3 Å². The minimum atomic E-state index is 0.0922. The number of hydrogen-bond acceptors (Lipinski definition) is 3. The molecule has 1 heterocycles. The van der Waals surface area contributed by atoms with E-state index in [0.717, 1.165) is 38.9 Å². The second-order valence-electron chi connectivity index (χ2n) is 5.84. The van der Waals surface area contributed by atoms with Gasteiger partial charge in [0, 0.05) is 37.4 Å². The summed E-state index contributed by atoms with van der Waals surface area (Å²) in [4.78, 5) is 14.3. The minimum Gasteiger partial charge on any atom is -0.328 e. The standard InChI is InChI=1S/C16H27N3O/c1-2-10-18(15-8-6-14(17)7-9-15)12-13-19-11-4-3-5-16(19)20/h3-5,11,14-15H,2,6-10,12-13,17H2,1H3. The van der Waals surface area contributed by atoms with E-state index in [9.17, 15) is 4.79 Å². The Balaban J connectivity index is 1.92. The van der Waals surface area contributed by atoms with Gasteiger partial charge in [-0.3, -0.25) is 9.69 Å². The number of aromatic nitrogens is 1. The number of nitrogens with two attached hydrogens (primary N) is 1. The molecule has 0 unspecified atom stereocenters. The Morgan fingerprint density at radius 1 is 1.25 bits per heavy atom. The predicted octanol–water partition coefficient (Wildman–Crippen LogP) is 1.83. The van der Waals surface area contributed by atoms with Crippen molar-refractivity contribution in [3.05, 3.63) is 34.7 Å². The van der Waals surface area contributed by atoms with Gasteiger partial charge >= 0.3 is 0 Å². The first kappa shape index (κ1) is 15.3. The zero-order chi connectivity index (χ0) is 14.4. The van der Waals surface area contributed by atoms with Crippen LogP contribution in [-0.2, 0) is 6.54 Å². The van der Waals surface area contributed by atoms with E-state index in [1.807, 2.05) is 12.3 Å². The normalized spacial score (nSPS) is 23.1. The third-order valence-electron chi connectivity index (χ3n) is 4.30. The highest BCUT2D eigenvalue weighted by Crippen LogP contribution is 2.22. The highest BCUT2D eigenvalue weighted by Gasteiger charge is 2.23. The lowest BCUT2D eigenvalue weighted by Crippen LogP contribution is -2.43. The van der Waals surface area contributed by atoms with Gasteiger partial charge in [0.1, 0.15) is 0 Å². The van der Waals surface area contributed by atoms with Crippen LogP contribution in [0.1, 0.15) is 39.0 Å². The maximum Gasteiger partial charge on any atom is 0.250 e. The molecule has 0 radical (unpaired) electrons. The van der Waals surface area contributed by atoms with Crippen LogP contribution in [0.25, 0.3) is 0 Å². The van der Waals surface area contributed by atoms with Gasteiger partial charge in [-0.05, 0) is 44.7 Å².